The first kappa shape index (κ1) is 22.6. The topological polar surface area (TPSA) is 71.0 Å². The van der Waals surface area contributed by atoms with Crippen molar-refractivity contribution in [1.29, 1.82) is 0 Å². The van der Waals surface area contributed by atoms with Crippen molar-refractivity contribution >= 4 is 28.8 Å². The number of amides is 1. The van der Waals surface area contributed by atoms with Gasteiger partial charge in [-0.1, -0.05) is 56.1 Å². The second-order valence-electron chi connectivity index (χ2n) is 8.20. The number of amidine groups is 1. The number of benzene rings is 1. The van der Waals surface area contributed by atoms with Gasteiger partial charge in [-0.05, 0) is 30.7 Å². The van der Waals surface area contributed by atoms with E-state index in [2.05, 4.69) is 10.3 Å². The number of aliphatic imine (C=N–C) groups is 1. The Morgan fingerprint density at radius 1 is 1.25 bits per heavy atom. The summed E-state index contributed by atoms with van der Waals surface area (Å²) in [6.45, 7) is 1.90. The number of carbonyl (C=O) groups excluding carboxylic acids is 2. The molecule has 0 radical (unpaired) electrons. The number of nitrogens with zero attached hydrogens (tertiary/aromatic N) is 2. The molecular formula is C24H28FN3O3S. The summed E-state index contributed by atoms with van der Waals surface area (Å²) in [5.41, 5.74) is 1.94. The summed E-state index contributed by atoms with van der Waals surface area (Å²) in [5, 5.41) is 5.66. The second-order valence-corrected chi connectivity index (χ2v) is 9.04. The van der Waals surface area contributed by atoms with Gasteiger partial charge in [-0.25, -0.2) is 14.2 Å². The zero-order chi connectivity index (χ0) is 22.7. The number of methoxy groups -OCH3 is 1. The fourth-order valence-corrected chi connectivity index (χ4v) is 5.53. The van der Waals surface area contributed by atoms with Gasteiger partial charge in [0.1, 0.15) is 5.82 Å². The van der Waals surface area contributed by atoms with E-state index in [-0.39, 0.29) is 18.4 Å². The van der Waals surface area contributed by atoms with Crippen LogP contribution in [0.15, 0.2) is 51.6 Å². The quantitative estimate of drug-likeness (QED) is 0.621. The van der Waals surface area contributed by atoms with Crippen LogP contribution >= 0.6 is 11.8 Å². The van der Waals surface area contributed by atoms with E-state index in [0.29, 0.717) is 34.1 Å². The molecule has 1 aromatic carbocycles. The monoisotopic (exact) mass is 457 g/mol. The van der Waals surface area contributed by atoms with Crippen LogP contribution in [-0.4, -0.2) is 35.1 Å². The Morgan fingerprint density at radius 3 is 2.69 bits per heavy atom. The normalized spacial score (nSPS) is 21.1. The molecule has 170 valence electrons. The molecule has 1 saturated carbocycles. The number of hydrogen-bond acceptors (Lipinski definition) is 6. The highest BCUT2D eigenvalue weighted by Crippen LogP contribution is 2.45. The predicted molar refractivity (Wildman–Crippen MR) is 123 cm³/mol. The van der Waals surface area contributed by atoms with Gasteiger partial charge in [0, 0.05) is 17.3 Å². The zero-order valence-corrected chi connectivity index (χ0v) is 19.2. The number of esters is 1. The molecule has 1 fully saturated rings. The number of rotatable bonds is 6. The number of halogens is 1. The smallest absolute Gasteiger partial charge is 0.338 e. The average Bonchev–Trinajstić information content (AvgIpc) is 3.20. The van der Waals surface area contributed by atoms with Crippen molar-refractivity contribution in [1.82, 2.24) is 10.2 Å². The van der Waals surface area contributed by atoms with Crippen molar-refractivity contribution in [2.45, 2.75) is 64.0 Å². The van der Waals surface area contributed by atoms with Crippen LogP contribution in [0, 0.1) is 5.82 Å². The minimum absolute atomic E-state index is 0.0674. The van der Waals surface area contributed by atoms with Crippen LogP contribution < -0.4 is 5.32 Å². The van der Waals surface area contributed by atoms with Crippen LogP contribution in [0.5, 0.6) is 0 Å². The second kappa shape index (κ2) is 9.90. The molecule has 1 N–H and O–H groups in total. The van der Waals surface area contributed by atoms with Gasteiger partial charge < -0.3 is 15.0 Å². The molecule has 1 aromatic rings. The maximum Gasteiger partial charge on any atom is 0.338 e. The molecule has 1 aliphatic carbocycles. The lowest BCUT2D eigenvalue weighted by molar-refractivity contribution is -0.136. The van der Waals surface area contributed by atoms with E-state index in [0.717, 1.165) is 25.7 Å². The number of ether oxygens (including phenoxy) is 1. The summed E-state index contributed by atoms with van der Waals surface area (Å²) in [6, 6.07) is 5.87. The molecule has 0 saturated heterocycles. The third-order valence-corrected chi connectivity index (χ3v) is 7.03. The Balaban J connectivity index is 1.67. The first-order chi connectivity index (χ1) is 15.5. The highest BCUT2D eigenvalue weighted by molar-refractivity contribution is 8.16. The van der Waals surface area contributed by atoms with Gasteiger partial charge in [0.25, 0.3) is 0 Å². The van der Waals surface area contributed by atoms with Crippen molar-refractivity contribution in [2.24, 2.45) is 4.99 Å². The van der Waals surface area contributed by atoms with Crippen molar-refractivity contribution in [2.75, 3.05) is 7.11 Å². The highest BCUT2D eigenvalue weighted by Gasteiger charge is 2.42. The van der Waals surface area contributed by atoms with Crippen molar-refractivity contribution in [3.05, 3.63) is 58.0 Å². The van der Waals surface area contributed by atoms with Gasteiger partial charge in [0.15, 0.2) is 5.17 Å². The van der Waals surface area contributed by atoms with E-state index in [1.807, 2.05) is 17.2 Å². The fourth-order valence-electron chi connectivity index (χ4n) is 4.59. The molecule has 4 rings (SSSR count). The van der Waals surface area contributed by atoms with Gasteiger partial charge in [0.2, 0.25) is 5.91 Å². The van der Waals surface area contributed by atoms with Crippen molar-refractivity contribution in [3.8, 4) is 0 Å². The Labute approximate surface area is 192 Å². The standard InChI is InChI=1S/C24H28FN3O3S/c1-3-19-21(23(30)31-2)22(17-11-7-8-12-18(17)25)28-16(14-32-24(28)27-19)13-20(29)26-15-9-5-4-6-10-15/h7-8,11-12,14-15,22H,3-6,9-10,13H2,1-2H3,(H,26,29)/t22-/m1/s1. The fraction of sp³-hybridized carbons (Fsp3) is 0.458. The first-order valence-electron chi connectivity index (χ1n) is 11.1. The largest absolute Gasteiger partial charge is 0.466 e. The molecule has 2 heterocycles. The summed E-state index contributed by atoms with van der Waals surface area (Å²) in [5.74, 6) is -1.03. The predicted octanol–water partition coefficient (Wildman–Crippen LogP) is 4.80. The van der Waals surface area contributed by atoms with E-state index in [1.54, 1.807) is 18.2 Å². The highest BCUT2D eigenvalue weighted by atomic mass is 32.2. The third kappa shape index (κ3) is 4.46. The lowest BCUT2D eigenvalue weighted by Crippen LogP contribution is -2.40. The number of hydrogen-bond donors (Lipinski definition) is 1. The summed E-state index contributed by atoms with van der Waals surface area (Å²) >= 11 is 1.39. The number of fused-ring (bicyclic) bond motifs is 1. The molecule has 8 heteroatoms. The van der Waals surface area contributed by atoms with Gasteiger partial charge in [-0.2, -0.15) is 0 Å². The molecule has 1 atom stereocenters. The molecule has 1 amide bonds. The van der Waals surface area contributed by atoms with E-state index in [4.69, 9.17) is 4.74 Å². The van der Waals surface area contributed by atoms with Crippen LogP contribution in [0.2, 0.25) is 0 Å². The van der Waals surface area contributed by atoms with Crippen LogP contribution in [0.3, 0.4) is 0 Å². The van der Waals surface area contributed by atoms with Gasteiger partial charge in [-0.3, -0.25) is 4.79 Å². The number of nitrogens with one attached hydrogen (secondary N) is 1. The van der Waals surface area contributed by atoms with Gasteiger partial charge >= 0.3 is 5.97 Å². The van der Waals surface area contributed by atoms with Crippen LogP contribution in [0.25, 0.3) is 0 Å². The Morgan fingerprint density at radius 2 is 2.00 bits per heavy atom. The number of thioether (sulfide) groups is 1. The lowest BCUT2D eigenvalue weighted by Gasteiger charge is -2.36. The summed E-state index contributed by atoms with van der Waals surface area (Å²) < 4.78 is 20.0. The van der Waals surface area contributed by atoms with E-state index < -0.39 is 17.8 Å². The van der Waals surface area contributed by atoms with Crippen LogP contribution in [-0.2, 0) is 14.3 Å². The molecule has 0 unspecified atom stereocenters. The van der Waals surface area contributed by atoms with Gasteiger partial charge in [0.05, 0.1) is 30.8 Å². The summed E-state index contributed by atoms with van der Waals surface area (Å²) in [6.07, 6.45) is 6.14. The van der Waals surface area contributed by atoms with Crippen molar-refractivity contribution < 1.29 is 18.7 Å². The third-order valence-electron chi connectivity index (χ3n) is 6.14. The SMILES string of the molecule is CCC1=C(C(=O)OC)[C@@H](c2ccccc2F)N2C(CC(=O)NC3CCCCC3)=CSC2=N1. The lowest BCUT2D eigenvalue weighted by atomic mass is 9.92. The Hall–Kier alpha value is -2.61. The minimum atomic E-state index is -0.741. The summed E-state index contributed by atoms with van der Waals surface area (Å²) in [7, 11) is 1.31. The molecule has 32 heavy (non-hydrogen) atoms. The van der Waals surface area contributed by atoms with E-state index >= 15 is 0 Å². The molecular weight excluding hydrogens is 429 g/mol. The maximum atomic E-state index is 15.0. The van der Waals surface area contributed by atoms with E-state index in [1.165, 1.54) is 31.4 Å². The molecule has 3 aliphatic rings. The molecule has 0 bridgehead atoms. The molecule has 2 aliphatic heterocycles. The number of allylic oxidation sites excluding steroid dienone is 1. The average molecular weight is 458 g/mol. The van der Waals surface area contributed by atoms with E-state index in [9.17, 15) is 14.0 Å². The number of carbonyl (C=O) groups is 2. The first-order valence-corrected chi connectivity index (χ1v) is 12.0. The zero-order valence-electron chi connectivity index (χ0n) is 18.4. The molecule has 6 nitrogen and oxygen atoms in total. The van der Waals surface area contributed by atoms with Crippen molar-refractivity contribution in [3.63, 3.8) is 0 Å². The van der Waals surface area contributed by atoms with Gasteiger partial charge in [-0.15, -0.1) is 0 Å². The minimum Gasteiger partial charge on any atom is -0.466 e. The van der Waals surface area contributed by atoms with Crippen LogP contribution in [0.1, 0.15) is 63.5 Å². The van der Waals surface area contributed by atoms with Crippen LogP contribution in [0.4, 0.5) is 4.39 Å². The molecule has 0 aromatic heterocycles. The molecule has 0 spiro atoms. The summed E-state index contributed by atoms with van der Waals surface area (Å²) in [4.78, 5) is 32.1. The maximum absolute atomic E-state index is 15.0. The Bertz CT molecular complexity index is 998. The Kier molecular flexibility index (Phi) is 6.98.